The highest BCUT2D eigenvalue weighted by Crippen LogP contribution is 2.17. The van der Waals surface area contributed by atoms with E-state index in [0.717, 1.165) is 11.1 Å². The molecule has 0 spiro atoms. The van der Waals surface area contributed by atoms with E-state index in [1.165, 1.54) is 5.69 Å². The van der Waals surface area contributed by atoms with Gasteiger partial charge in [0.05, 0.1) is 6.07 Å². The Morgan fingerprint density at radius 2 is 1.86 bits per heavy atom. The normalized spacial score (nSPS) is 10.9. The minimum absolute atomic E-state index is 0.998. The number of hydrogen-bond acceptors (Lipinski definition) is 2. The van der Waals surface area contributed by atoms with Gasteiger partial charge in [0.25, 0.3) is 0 Å². The molecule has 2 heteroatoms. The van der Waals surface area contributed by atoms with Crippen molar-refractivity contribution in [3.63, 3.8) is 0 Å². The van der Waals surface area contributed by atoms with Crippen LogP contribution in [-0.2, 0) is 0 Å². The Morgan fingerprint density at radius 1 is 1.29 bits per heavy atom. The summed E-state index contributed by atoms with van der Waals surface area (Å²) in [6, 6.07) is 10.2. The molecular weight excluding hydrogens is 172 g/mol. The molecule has 0 heterocycles. The Hall–Kier alpha value is -1.75. The first-order valence-electron chi connectivity index (χ1n) is 4.49. The van der Waals surface area contributed by atoms with Gasteiger partial charge < -0.3 is 4.90 Å². The van der Waals surface area contributed by atoms with Crippen LogP contribution in [0, 0.1) is 11.3 Å². The Morgan fingerprint density at radius 3 is 2.29 bits per heavy atom. The van der Waals surface area contributed by atoms with Gasteiger partial charge in [-0.2, -0.15) is 5.26 Å². The van der Waals surface area contributed by atoms with E-state index < -0.39 is 0 Å². The molecule has 0 unspecified atom stereocenters. The third-order valence-corrected chi connectivity index (χ3v) is 2.12. The summed E-state index contributed by atoms with van der Waals surface area (Å²) in [7, 11) is 4.01. The molecule has 1 aromatic carbocycles. The van der Waals surface area contributed by atoms with Crippen molar-refractivity contribution in [3.05, 3.63) is 35.9 Å². The van der Waals surface area contributed by atoms with E-state index >= 15 is 0 Å². The molecular formula is C12H14N2. The summed E-state index contributed by atoms with van der Waals surface area (Å²) in [4.78, 5) is 2.05. The van der Waals surface area contributed by atoms with E-state index in [1.807, 2.05) is 56.3 Å². The van der Waals surface area contributed by atoms with Gasteiger partial charge >= 0.3 is 0 Å². The van der Waals surface area contributed by atoms with Gasteiger partial charge in [0, 0.05) is 25.9 Å². The first kappa shape index (κ1) is 10.3. The van der Waals surface area contributed by atoms with Gasteiger partial charge in [-0.3, -0.25) is 0 Å². The molecule has 0 aliphatic rings. The largest absolute Gasteiger partial charge is 0.378 e. The second kappa shape index (κ2) is 4.48. The Kier molecular flexibility index (Phi) is 3.30. The smallest absolute Gasteiger partial charge is 0.0915 e. The number of hydrogen-bond donors (Lipinski definition) is 0. The zero-order chi connectivity index (χ0) is 10.6. The average Bonchev–Trinajstić information content (AvgIpc) is 2.18. The lowest BCUT2D eigenvalue weighted by molar-refractivity contribution is 1.13. The van der Waals surface area contributed by atoms with Crippen molar-refractivity contribution in [1.82, 2.24) is 0 Å². The number of rotatable bonds is 2. The third-order valence-electron chi connectivity index (χ3n) is 2.12. The fraction of sp³-hybridized carbons (Fsp3) is 0.250. The molecule has 0 bridgehead atoms. The summed E-state index contributed by atoms with van der Waals surface area (Å²) in [5, 5.41) is 8.51. The molecule has 0 saturated heterocycles. The van der Waals surface area contributed by atoms with Crippen molar-refractivity contribution < 1.29 is 0 Å². The molecule has 0 radical (unpaired) electrons. The number of nitriles is 1. The molecule has 1 rings (SSSR count). The molecule has 0 fully saturated rings. The van der Waals surface area contributed by atoms with E-state index in [2.05, 4.69) is 0 Å². The van der Waals surface area contributed by atoms with Crippen molar-refractivity contribution in [2.75, 3.05) is 19.0 Å². The van der Waals surface area contributed by atoms with Crippen LogP contribution in [0.15, 0.2) is 30.3 Å². The molecule has 0 aliphatic heterocycles. The second-order valence-corrected chi connectivity index (χ2v) is 3.40. The number of benzene rings is 1. The van der Waals surface area contributed by atoms with Crippen molar-refractivity contribution >= 4 is 11.3 Å². The summed E-state index contributed by atoms with van der Waals surface area (Å²) < 4.78 is 0. The third kappa shape index (κ3) is 2.37. The minimum Gasteiger partial charge on any atom is -0.378 e. The van der Waals surface area contributed by atoms with E-state index in [-0.39, 0.29) is 0 Å². The molecule has 72 valence electrons. The number of anilines is 1. The van der Waals surface area contributed by atoms with Crippen LogP contribution in [0.25, 0.3) is 5.57 Å². The van der Waals surface area contributed by atoms with Crippen LogP contribution in [0.2, 0.25) is 0 Å². The second-order valence-electron chi connectivity index (χ2n) is 3.40. The molecule has 0 N–H and O–H groups in total. The fourth-order valence-corrected chi connectivity index (χ4v) is 1.20. The van der Waals surface area contributed by atoms with E-state index in [1.54, 1.807) is 6.08 Å². The van der Waals surface area contributed by atoms with Crippen LogP contribution in [0.3, 0.4) is 0 Å². The highest BCUT2D eigenvalue weighted by Gasteiger charge is 1.97. The van der Waals surface area contributed by atoms with Crippen LogP contribution >= 0.6 is 0 Å². The van der Waals surface area contributed by atoms with Gasteiger partial charge in [0.15, 0.2) is 0 Å². The summed E-state index contributed by atoms with van der Waals surface area (Å²) in [5.41, 5.74) is 3.26. The average molecular weight is 186 g/mol. The fourth-order valence-electron chi connectivity index (χ4n) is 1.20. The number of nitrogens with zero attached hydrogens (tertiary/aromatic N) is 2. The number of allylic oxidation sites excluding steroid dienone is 2. The Bertz CT molecular complexity index is 366. The SMILES string of the molecule is C/C(=C\C#N)c1ccc(N(C)C)cc1. The van der Waals surface area contributed by atoms with Crippen LogP contribution in [0.5, 0.6) is 0 Å². The van der Waals surface area contributed by atoms with Gasteiger partial charge in [-0.15, -0.1) is 0 Å². The summed E-state index contributed by atoms with van der Waals surface area (Å²) in [5.74, 6) is 0. The predicted molar refractivity (Wildman–Crippen MR) is 60.0 cm³/mol. The monoisotopic (exact) mass is 186 g/mol. The topological polar surface area (TPSA) is 27.0 Å². The zero-order valence-corrected chi connectivity index (χ0v) is 8.78. The lowest BCUT2D eigenvalue weighted by atomic mass is 10.1. The maximum absolute atomic E-state index is 8.51. The van der Waals surface area contributed by atoms with Crippen LogP contribution in [0.4, 0.5) is 5.69 Å². The maximum atomic E-state index is 8.51. The molecule has 0 aromatic heterocycles. The first-order valence-corrected chi connectivity index (χ1v) is 4.49. The molecule has 1 aromatic rings. The Balaban J connectivity index is 2.95. The summed E-state index contributed by atoms with van der Waals surface area (Å²) in [6.07, 6.45) is 1.56. The van der Waals surface area contributed by atoms with Crippen LogP contribution in [0.1, 0.15) is 12.5 Å². The van der Waals surface area contributed by atoms with Gasteiger partial charge in [0.2, 0.25) is 0 Å². The van der Waals surface area contributed by atoms with Crippen molar-refractivity contribution in [3.8, 4) is 6.07 Å². The van der Waals surface area contributed by atoms with E-state index in [4.69, 9.17) is 5.26 Å². The van der Waals surface area contributed by atoms with Gasteiger partial charge in [0.1, 0.15) is 0 Å². The summed E-state index contributed by atoms with van der Waals surface area (Å²) >= 11 is 0. The van der Waals surface area contributed by atoms with E-state index in [0.29, 0.717) is 0 Å². The first-order chi connectivity index (χ1) is 6.65. The summed E-state index contributed by atoms with van der Waals surface area (Å²) in [6.45, 7) is 1.94. The lowest BCUT2D eigenvalue weighted by Crippen LogP contribution is -2.08. The van der Waals surface area contributed by atoms with Gasteiger partial charge in [-0.05, 0) is 30.2 Å². The maximum Gasteiger partial charge on any atom is 0.0915 e. The standard InChI is InChI=1S/C12H14N2/c1-10(8-9-13)11-4-6-12(7-5-11)14(2)3/h4-8H,1-3H3/b10-8+. The van der Waals surface area contributed by atoms with Crippen molar-refractivity contribution in [2.24, 2.45) is 0 Å². The molecule has 0 saturated carbocycles. The van der Waals surface area contributed by atoms with Crippen molar-refractivity contribution in [2.45, 2.75) is 6.92 Å². The van der Waals surface area contributed by atoms with Gasteiger partial charge in [-0.25, -0.2) is 0 Å². The molecule has 0 atom stereocenters. The predicted octanol–water partition coefficient (Wildman–Crippen LogP) is 2.68. The van der Waals surface area contributed by atoms with Crippen molar-refractivity contribution in [1.29, 1.82) is 5.26 Å². The van der Waals surface area contributed by atoms with Crippen LogP contribution in [-0.4, -0.2) is 14.1 Å². The molecule has 0 amide bonds. The zero-order valence-electron chi connectivity index (χ0n) is 8.78. The highest BCUT2D eigenvalue weighted by atomic mass is 15.1. The molecule has 0 aliphatic carbocycles. The van der Waals surface area contributed by atoms with Gasteiger partial charge in [-0.1, -0.05) is 12.1 Å². The minimum atomic E-state index is 0.998. The van der Waals surface area contributed by atoms with E-state index in [9.17, 15) is 0 Å². The lowest BCUT2D eigenvalue weighted by Gasteiger charge is -2.12. The highest BCUT2D eigenvalue weighted by molar-refractivity contribution is 5.67. The van der Waals surface area contributed by atoms with Crippen LogP contribution < -0.4 is 4.90 Å². The Labute approximate surface area is 85.1 Å². The quantitative estimate of drug-likeness (QED) is 0.664. The molecule has 14 heavy (non-hydrogen) atoms. The molecule has 2 nitrogen and oxygen atoms in total.